The zero-order valence-electron chi connectivity index (χ0n) is 18.9. The lowest BCUT2D eigenvalue weighted by Crippen LogP contribution is -2.29. The maximum atomic E-state index is 13.2. The largest absolute Gasteiger partial charge is 0.507 e. The molecule has 1 saturated heterocycles. The third-order valence-corrected chi connectivity index (χ3v) is 5.55. The molecule has 0 spiro atoms. The van der Waals surface area contributed by atoms with Gasteiger partial charge in [0.2, 0.25) is 0 Å². The van der Waals surface area contributed by atoms with E-state index in [9.17, 15) is 14.7 Å². The SMILES string of the molecule is CCOc1ccc(/C(O)=C2/C(=O)C(=O)N(c3cccc(OC)c3)C2c2ccc(C)o2)cc1C. The van der Waals surface area contributed by atoms with Gasteiger partial charge in [0.1, 0.15) is 34.8 Å². The number of ether oxygens (including phenoxy) is 2. The first-order valence-electron chi connectivity index (χ1n) is 10.6. The third-order valence-electron chi connectivity index (χ3n) is 5.55. The van der Waals surface area contributed by atoms with Crippen molar-refractivity contribution in [1.82, 2.24) is 0 Å². The fraction of sp³-hybridized carbons (Fsp3) is 0.231. The summed E-state index contributed by atoms with van der Waals surface area (Å²) in [5, 5.41) is 11.2. The number of benzene rings is 2. The van der Waals surface area contributed by atoms with Gasteiger partial charge in [0.05, 0.1) is 19.3 Å². The zero-order chi connectivity index (χ0) is 23.7. The van der Waals surface area contributed by atoms with Gasteiger partial charge >= 0.3 is 0 Å². The van der Waals surface area contributed by atoms with Crippen molar-refractivity contribution in [1.29, 1.82) is 0 Å². The van der Waals surface area contributed by atoms with Crippen LogP contribution in [0.1, 0.15) is 35.6 Å². The molecule has 1 aromatic heterocycles. The molecule has 4 rings (SSSR count). The number of hydrogen-bond donors (Lipinski definition) is 1. The maximum absolute atomic E-state index is 13.2. The van der Waals surface area contributed by atoms with Crippen LogP contribution in [-0.4, -0.2) is 30.5 Å². The van der Waals surface area contributed by atoms with E-state index in [1.165, 1.54) is 12.0 Å². The highest BCUT2D eigenvalue weighted by molar-refractivity contribution is 6.51. The first kappa shape index (κ1) is 22.2. The molecule has 33 heavy (non-hydrogen) atoms. The molecule has 2 aromatic carbocycles. The number of anilines is 1. The number of amides is 1. The fourth-order valence-corrected chi connectivity index (χ4v) is 4.00. The molecule has 1 N–H and O–H groups in total. The van der Waals surface area contributed by atoms with Crippen LogP contribution >= 0.6 is 0 Å². The summed E-state index contributed by atoms with van der Waals surface area (Å²) >= 11 is 0. The van der Waals surface area contributed by atoms with Crippen molar-refractivity contribution in [3.63, 3.8) is 0 Å². The Balaban J connectivity index is 1.90. The molecule has 2 heterocycles. The highest BCUT2D eigenvalue weighted by Gasteiger charge is 2.48. The van der Waals surface area contributed by atoms with Crippen molar-refractivity contribution < 1.29 is 28.6 Å². The van der Waals surface area contributed by atoms with E-state index in [0.717, 1.165) is 5.56 Å². The summed E-state index contributed by atoms with van der Waals surface area (Å²) in [6.07, 6.45) is 0. The molecule has 170 valence electrons. The molecule has 1 unspecified atom stereocenters. The van der Waals surface area contributed by atoms with Crippen LogP contribution in [0.5, 0.6) is 11.5 Å². The molecule has 1 aliphatic heterocycles. The molecule has 7 heteroatoms. The Morgan fingerprint density at radius 3 is 2.52 bits per heavy atom. The molecule has 1 aliphatic rings. The van der Waals surface area contributed by atoms with Crippen LogP contribution in [0.15, 0.2) is 64.6 Å². The molecule has 1 atom stereocenters. The van der Waals surface area contributed by atoms with E-state index in [2.05, 4.69) is 0 Å². The molecule has 0 aliphatic carbocycles. The van der Waals surface area contributed by atoms with Crippen LogP contribution in [0.3, 0.4) is 0 Å². The van der Waals surface area contributed by atoms with Gasteiger partial charge in [0, 0.05) is 17.3 Å². The smallest absolute Gasteiger partial charge is 0.300 e. The van der Waals surface area contributed by atoms with Gasteiger partial charge in [-0.05, 0) is 68.8 Å². The molecule has 3 aromatic rings. The molecule has 0 radical (unpaired) electrons. The minimum atomic E-state index is -0.933. The number of aliphatic hydroxyl groups is 1. The fourth-order valence-electron chi connectivity index (χ4n) is 4.00. The van der Waals surface area contributed by atoms with Crippen molar-refractivity contribution >= 4 is 23.1 Å². The average molecular weight is 447 g/mol. The first-order chi connectivity index (χ1) is 15.8. The minimum Gasteiger partial charge on any atom is -0.507 e. The normalized spacial score (nSPS) is 17.5. The van der Waals surface area contributed by atoms with Gasteiger partial charge in [-0.25, -0.2) is 0 Å². The molecule has 0 saturated carbocycles. The molecule has 1 amide bonds. The average Bonchev–Trinajstić information content (AvgIpc) is 3.35. The summed E-state index contributed by atoms with van der Waals surface area (Å²) in [6, 6.07) is 14.5. The van der Waals surface area contributed by atoms with E-state index in [0.29, 0.717) is 40.9 Å². The number of hydrogen-bond acceptors (Lipinski definition) is 6. The predicted octanol–water partition coefficient (Wildman–Crippen LogP) is 4.93. The highest BCUT2D eigenvalue weighted by Crippen LogP contribution is 2.43. The number of rotatable bonds is 6. The van der Waals surface area contributed by atoms with Crippen molar-refractivity contribution in [3.05, 3.63) is 82.8 Å². The Labute approximate surface area is 191 Å². The monoisotopic (exact) mass is 447 g/mol. The van der Waals surface area contributed by atoms with Crippen LogP contribution in [0.25, 0.3) is 5.76 Å². The standard InChI is InChI=1S/C26H25NO6/c1-5-32-20-12-10-17(13-15(20)2)24(28)22-23(21-11-9-16(3)33-21)27(26(30)25(22)29)18-7-6-8-19(14-18)31-4/h6-14,23,28H,5H2,1-4H3/b24-22-. The van der Waals surface area contributed by atoms with E-state index in [4.69, 9.17) is 13.9 Å². The number of furan rings is 1. The second-order valence-corrected chi connectivity index (χ2v) is 7.73. The Bertz CT molecular complexity index is 1260. The maximum Gasteiger partial charge on any atom is 0.300 e. The number of carbonyl (C=O) groups is 2. The Kier molecular flexibility index (Phi) is 5.96. The van der Waals surface area contributed by atoms with E-state index in [-0.39, 0.29) is 11.3 Å². The van der Waals surface area contributed by atoms with Crippen LogP contribution < -0.4 is 14.4 Å². The van der Waals surface area contributed by atoms with E-state index in [1.54, 1.807) is 61.5 Å². The summed E-state index contributed by atoms with van der Waals surface area (Å²) in [4.78, 5) is 27.7. The second kappa shape index (κ2) is 8.86. The van der Waals surface area contributed by atoms with Gasteiger partial charge in [0.25, 0.3) is 11.7 Å². The van der Waals surface area contributed by atoms with E-state index in [1.807, 2.05) is 13.8 Å². The minimum absolute atomic E-state index is 0.0410. The summed E-state index contributed by atoms with van der Waals surface area (Å²) in [5.74, 6) is 0.392. The molecule has 7 nitrogen and oxygen atoms in total. The van der Waals surface area contributed by atoms with Gasteiger partial charge in [-0.2, -0.15) is 0 Å². The molecular formula is C26H25NO6. The lowest BCUT2D eigenvalue weighted by molar-refractivity contribution is -0.132. The summed E-state index contributed by atoms with van der Waals surface area (Å²) in [7, 11) is 1.52. The number of nitrogens with zero attached hydrogens (tertiary/aromatic N) is 1. The Morgan fingerprint density at radius 1 is 1.09 bits per heavy atom. The second-order valence-electron chi connectivity index (χ2n) is 7.73. The van der Waals surface area contributed by atoms with Gasteiger partial charge in [0.15, 0.2) is 0 Å². The van der Waals surface area contributed by atoms with Crippen molar-refractivity contribution in [2.75, 3.05) is 18.6 Å². The van der Waals surface area contributed by atoms with Crippen LogP contribution in [0, 0.1) is 13.8 Å². The highest BCUT2D eigenvalue weighted by atomic mass is 16.5. The Morgan fingerprint density at radius 2 is 1.88 bits per heavy atom. The predicted molar refractivity (Wildman–Crippen MR) is 124 cm³/mol. The quantitative estimate of drug-likeness (QED) is 0.327. The summed E-state index contributed by atoms with van der Waals surface area (Å²) < 4.78 is 16.7. The van der Waals surface area contributed by atoms with Gasteiger partial charge in [-0.1, -0.05) is 6.07 Å². The van der Waals surface area contributed by atoms with E-state index >= 15 is 0 Å². The van der Waals surface area contributed by atoms with Gasteiger partial charge in [-0.15, -0.1) is 0 Å². The summed E-state index contributed by atoms with van der Waals surface area (Å²) in [6.45, 7) is 6.02. The number of carbonyl (C=O) groups excluding carboxylic acids is 2. The van der Waals surface area contributed by atoms with Crippen LogP contribution in [0.4, 0.5) is 5.69 Å². The first-order valence-corrected chi connectivity index (χ1v) is 10.6. The van der Waals surface area contributed by atoms with Crippen LogP contribution in [-0.2, 0) is 9.59 Å². The van der Waals surface area contributed by atoms with Crippen molar-refractivity contribution in [3.8, 4) is 11.5 Å². The third kappa shape index (κ3) is 3.98. The van der Waals surface area contributed by atoms with Crippen molar-refractivity contribution in [2.24, 2.45) is 0 Å². The lowest BCUT2D eigenvalue weighted by atomic mass is 9.98. The van der Waals surface area contributed by atoms with Crippen molar-refractivity contribution in [2.45, 2.75) is 26.8 Å². The van der Waals surface area contributed by atoms with Gasteiger partial charge in [-0.3, -0.25) is 14.5 Å². The zero-order valence-corrected chi connectivity index (χ0v) is 18.9. The molecular weight excluding hydrogens is 422 g/mol. The van der Waals surface area contributed by atoms with Crippen LogP contribution in [0.2, 0.25) is 0 Å². The molecule has 0 bridgehead atoms. The van der Waals surface area contributed by atoms with E-state index < -0.39 is 17.7 Å². The Hall–Kier alpha value is -4.00. The number of methoxy groups -OCH3 is 1. The van der Waals surface area contributed by atoms with Gasteiger partial charge < -0.3 is 19.0 Å². The number of aryl methyl sites for hydroxylation is 2. The number of ketones is 1. The summed E-state index contributed by atoms with van der Waals surface area (Å²) in [5.41, 5.74) is 1.62. The topological polar surface area (TPSA) is 89.2 Å². The lowest BCUT2D eigenvalue weighted by Gasteiger charge is -2.23. The number of aliphatic hydroxyl groups excluding tert-OH is 1. The molecule has 1 fully saturated rings. The number of Topliss-reactive ketones (excluding diaryl/α,β-unsaturated/α-hetero) is 1.